The van der Waals surface area contributed by atoms with Crippen LogP contribution in [0.4, 0.5) is 0 Å². The third kappa shape index (κ3) is 5.28. The normalized spacial score (nSPS) is 11.6. The number of likely N-dealkylation sites (N-methyl/N-ethyl adjacent to an activating group) is 1. The number of carbonyl (C=O) groups is 1. The van der Waals surface area contributed by atoms with E-state index in [0.29, 0.717) is 18.7 Å². The Morgan fingerprint density at radius 3 is 2.44 bits per heavy atom. The second-order valence-corrected chi connectivity index (χ2v) is 4.63. The van der Waals surface area contributed by atoms with E-state index >= 15 is 0 Å². The van der Waals surface area contributed by atoms with Crippen LogP contribution in [0.2, 0.25) is 0 Å². The monoisotopic (exact) mass is 228 g/mol. The minimum Gasteiger partial charge on any atom is -0.463 e. The van der Waals surface area contributed by atoms with E-state index in [1.165, 1.54) is 0 Å². The number of nitrogens with zero attached hydrogens (tertiary/aromatic N) is 1. The van der Waals surface area contributed by atoms with Crippen molar-refractivity contribution in [2.75, 3.05) is 33.8 Å². The smallest absolute Gasteiger partial charge is 0.334 e. The van der Waals surface area contributed by atoms with Crippen LogP contribution in [0.3, 0.4) is 0 Å². The summed E-state index contributed by atoms with van der Waals surface area (Å²) in [7, 11) is 4.06. The zero-order chi connectivity index (χ0) is 12.8. The van der Waals surface area contributed by atoms with E-state index in [0.717, 1.165) is 6.54 Å². The van der Waals surface area contributed by atoms with Crippen molar-refractivity contribution in [1.82, 2.24) is 10.2 Å². The average Bonchev–Trinajstić information content (AvgIpc) is 2.17. The van der Waals surface area contributed by atoms with E-state index in [9.17, 15) is 4.79 Å². The average molecular weight is 228 g/mol. The molecule has 0 aromatic heterocycles. The summed E-state index contributed by atoms with van der Waals surface area (Å²) in [5, 5.41) is 3.20. The van der Waals surface area contributed by atoms with Crippen molar-refractivity contribution in [3.8, 4) is 0 Å². The van der Waals surface area contributed by atoms with Gasteiger partial charge in [0.05, 0.1) is 6.61 Å². The number of nitrogens with one attached hydrogen (secondary N) is 1. The number of hydrogen-bond donors (Lipinski definition) is 1. The molecule has 0 aromatic carbocycles. The summed E-state index contributed by atoms with van der Waals surface area (Å²) in [6.45, 7) is 11.4. The summed E-state index contributed by atoms with van der Waals surface area (Å²) >= 11 is 0. The van der Waals surface area contributed by atoms with Crippen LogP contribution < -0.4 is 5.32 Å². The molecule has 4 nitrogen and oxygen atoms in total. The summed E-state index contributed by atoms with van der Waals surface area (Å²) in [5.41, 5.74) is 0.519. The highest BCUT2D eigenvalue weighted by atomic mass is 16.5. The van der Waals surface area contributed by atoms with Crippen molar-refractivity contribution in [1.29, 1.82) is 0 Å². The second kappa shape index (κ2) is 6.66. The number of ether oxygens (including phenoxy) is 1. The fraction of sp³-hybridized carbons (Fsp3) is 0.750. The largest absolute Gasteiger partial charge is 0.463 e. The highest BCUT2D eigenvalue weighted by Crippen LogP contribution is 2.07. The van der Waals surface area contributed by atoms with E-state index < -0.39 is 0 Å². The van der Waals surface area contributed by atoms with E-state index in [1.54, 1.807) is 6.92 Å². The van der Waals surface area contributed by atoms with Crippen molar-refractivity contribution in [3.05, 3.63) is 12.2 Å². The molecule has 0 radical (unpaired) electrons. The molecule has 0 heterocycles. The highest BCUT2D eigenvalue weighted by molar-refractivity contribution is 5.88. The van der Waals surface area contributed by atoms with Crippen molar-refractivity contribution < 1.29 is 9.53 Å². The predicted octanol–water partition coefficient (Wildman–Crippen LogP) is 1.04. The van der Waals surface area contributed by atoms with E-state index in [2.05, 4.69) is 30.6 Å². The first-order valence-corrected chi connectivity index (χ1v) is 5.54. The van der Waals surface area contributed by atoms with Gasteiger partial charge in [0, 0.05) is 24.2 Å². The fourth-order valence-corrected chi connectivity index (χ4v) is 0.983. The lowest BCUT2D eigenvalue weighted by atomic mass is 10.0. The Morgan fingerprint density at radius 1 is 1.44 bits per heavy atom. The third-order valence-corrected chi connectivity index (χ3v) is 2.67. The number of rotatable bonds is 7. The zero-order valence-corrected chi connectivity index (χ0v) is 11.1. The number of esters is 1. The van der Waals surface area contributed by atoms with Gasteiger partial charge in [0.1, 0.15) is 0 Å². The first-order chi connectivity index (χ1) is 7.31. The third-order valence-electron chi connectivity index (χ3n) is 2.67. The Morgan fingerprint density at radius 2 is 2.00 bits per heavy atom. The molecule has 94 valence electrons. The summed E-state index contributed by atoms with van der Waals surface area (Å²) < 4.78 is 4.84. The van der Waals surface area contributed by atoms with Gasteiger partial charge in [0.2, 0.25) is 0 Å². The van der Waals surface area contributed by atoms with Gasteiger partial charge >= 0.3 is 5.97 Å². The van der Waals surface area contributed by atoms with Gasteiger partial charge in [0.15, 0.2) is 0 Å². The molecule has 0 atom stereocenters. The van der Waals surface area contributed by atoms with E-state index in [-0.39, 0.29) is 11.5 Å². The van der Waals surface area contributed by atoms with Crippen LogP contribution in [0, 0.1) is 0 Å². The van der Waals surface area contributed by atoms with Crippen molar-refractivity contribution in [2.24, 2.45) is 0 Å². The van der Waals surface area contributed by atoms with Crippen LogP contribution in [-0.4, -0.2) is 50.2 Å². The lowest BCUT2D eigenvalue weighted by Gasteiger charge is -2.32. The lowest BCUT2D eigenvalue weighted by molar-refractivity contribution is -0.138. The molecule has 4 heteroatoms. The lowest BCUT2D eigenvalue weighted by Crippen LogP contribution is -2.47. The molecule has 0 saturated heterocycles. The Bertz CT molecular complexity index is 247. The van der Waals surface area contributed by atoms with Gasteiger partial charge in [0.25, 0.3) is 0 Å². The molecule has 0 amide bonds. The molecule has 0 bridgehead atoms. The number of hydrogen-bond acceptors (Lipinski definition) is 4. The SMILES string of the molecule is C=C(CNCC(C)(C)N(C)C)C(=O)OCC. The van der Waals surface area contributed by atoms with Gasteiger partial charge in [-0.2, -0.15) is 0 Å². The maximum absolute atomic E-state index is 11.3. The summed E-state index contributed by atoms with van der Waals surface area (Å²) in [6.07, 6.45) is 0. The number of carbonyl (C=O) groups excluding carboxylic acids is 1. The quantitative estimate of drug-likeness (QED) is 0.522. The second-order valence-electron chi connectivity index (χ2n) is 4.63. The van der Waals surface area contributed by atoms with Crippen molar-refractivity contribution in [2.45, 2.75) is 26.3 Å². The van der Waals surface area contributed by atoms with Crippen molar-refractivity contribution in [3.63, 3.8) is 0 Å². The predicted molar refractivity (Wildman–Crippen MR) is 66.4 cm³/mol. The van der Waals surface area contributed by atoms with E-state index in [1.807, 2.05) is 14.1 Å². The molecule has 0 aliphatic carbocycles. The van der Waals surface area contributed by atoms with E-state index in [4.69, 9.17) is 4.74 Å². The van der Waals surface area contributed by atoms with Crippen LogP contribution in [-0.2, 0) is 9.53 Å². The first kappa shape index (κ1) is 15.1. The van der Waals surface area contributed by atoms with Crippen LogP contribution in [0.25, 0.3) is 0 Å². The van der Waals surface area contributed by atoms with Gasteiger partial charge in [-0.3, -0.25) is 0 Å². The van der Waals surface area contributed by atoms with Gasteiger partial charge < -0.3 is 15.0 Å². The minimum atomic E-state index is -0.322. The molecule has 0 unspecified atom stereocenters. The van der Waals surface area contributed by atoms with Crippen LogP contribution in [0.15, 0.2) is 12.2 Å². The maximum Gasteiger partial charge on any atom is 0.334 e. The minimum absolute atomic E-state index is 0.0505. The molecule has 0 spiro atoms. The first-order valence-electron chi connectivity index (χ1n) is 5.54. The standard InChI is InChI=1S/C12H24N2O2/c1-7-16-11(15)10(2)8-13-9-12(3,4)14(5)6/h13H,2,7-9H2,1,3-6H3. The van der Waals surface area contributed by atoms with Crippen LogP contribution in [0.5, 0.6) is 0 Å². The van der Waals surface area contributed by atoms with Gasteiger partial charge in [-0.1, -0.05) is 6.58 Å². The Hall–Kier alpha value is -0.870. The maximum atomic E-state index is 11.3. The Labute approximate surface area is 98.6 Å². The molecule has 1 N–H and O–H groups in total. The van der Waals surface area contributed by atoms with Gasteiger partial charge in [-0.15, -0.1) is 0 Å². The molecule has 0 rings (SSSR count). The molecule has 0 aliphatic rings. The molecular formula is C12H24N2O2. The van der Waals surface area contributed by atoms with Crippen molar-refractivity contribution >= 4 is 5.97 Å². The molecule has 0 fully saturated rings. The molecule has 0 aliphatic heterocycles. The Kier molecular flexibility index (Phi) is 6.29. The van der Waals surface area contributed by atoms with Gasteiger partial charge in [-0.25, -0.2) is 4.79 Å². The highest BCUT2D eigenvalue weighted by Gasteiger charge is 2.20. The van der Waals surface area contributed by atoms with Crippen LogP contribution in [0.1, 0.15) is 20.8 Å². The summed E-state index contributed by atoms with van der Waals surface area (Å²) in [6, 6.07) is 0. The fourth-order valence-electron chi connectivity index (χ4n) is 0.983. The van der Waals surface area contributed by atoms with Crippen LogP contribution >= 0.6 is 0 Å². The summed E-state index contributed by atoms with van der Waals surface area (Å²) in [5.74, 6) is -0.322. The molecular weight excluding hydrogens is 204 g/mol. The Balaban J connectivity index is 3.91. The summed E-state index contributed by atoms with van der Waals surface area (Å²) in [4.78, 5) is 13.4. The topological polar surface area (TPSA) is 41.6 Å². The molecule has 16 heavy (non-hydrogen) atoms. The molecule has 0 saturated carbocycles. The van der Waals surface area contributed by atoms with Gasteiger partial charge in [-0.05, 0) is 34.9 Å². The zero-order valence-electron chi connectivity index (χ0n) is 11.1. The molecule has 0 aromatic rings.